The zero-order chi connectivity index (χ0) is 11.0. The van der Waals surface area contributed by atoms with E-state index in [9.17, 15) is 4.79 Å². The van der Waals surface area contributed by atoms with Crippen molar-refractivity contribution in [2.75, 3.05) is 18.9 Å². The molecule has 5 heteroatoms. The third-order valence-electron chi connectivity index (χ3n) is 2.75. The molecule has 0 aliphatic carbocycles. The minimum Gasteiger partial charge on any atom is -0.396 e. The lowest BCUT2D eigenvalue weighted by Crippen LogP contribution is -2.31. The molecule has 1 fully saturated rings. The van der Waals surface area contributed by atoms with Crippen LogP contribution < -0.4 is 5.73 Å². The van der Waals surface area contributed by atoms with Crippen molar-refractivity contribution in [1.82, 2.24) is 9.78 Å². The maximum Gasteiger partial charge on any atom is 0.247 e. The fraction of sp³-hybridized carbons (Fsp3) is 0.600. The highest BCUT2D eigenvalue weighted by molar-refractivity contribution is 5.80. The second-order valence-electron chi connectivity index (χ2n) is 4.00. The van der Waals surface area contributed by atoms with Gasteiger partial charge in [-0.15, -0.1) is 0 Å². The molecule has 0 saturated carbocycles. The van der Waals surface area contributed by atoms with Gasteiger partial charge < -0.3 is 10.5 Å². The Balaban J connectivity index is 2.13. The summed E-state index contributed by atoms with van der Waals surface area (Å²) in [6.45, 7) is 4.98. The van der Waals surface area contributed by atoms with E-state index in [2.05, 4.69) is 5.10 Å². The molecule has 82 valence electrons. The van der Waals surface area contributed by atoms with Gasteiger partial charge in [0, 0.05) is 12.3 Å². The molecule has 2 heterocycles. The van der Waals surface area contributed by atoms with Crippen molar-refractivity contribution in [3.8, 4) is 0 Å². The normalized spacial score (nSPS) is 16.4. The van der Waals surface area contributed by atoms with Crippen LogP contribution in [0.1, 0.15) is 22.6 Å². The van der Waals surface area contributed by atoms with Crippen LogP contribution in [0.3, 0.4) is 0 Å². The van der Waals surface area contributed by atoms with E-state index in [-0.39, 0.29) is 5.91 Å². The number of aromatic nitrogens is 2. The van der Waals surface area contributed by atoms with Gasteiger partial charge in [-0.3, -0.25) is 4.79 Å². The van der Waals surface area contributed by atoms with Gasteiger partial charge in [0.05, 0.1) is 30.3 Å². The minimum atomic E-state index is 0.000556. The lowest BCUT2D eigenvalue weighted by Gasteiger charge is -2.24. The van der Waals surface area contributed by atoms with Crippen LogP contribution in [0.4, 0.5) is 5.69 Å². The summed E-state index contributed by atoms with van der Waals surface area (Å²) in [5, 5.41) is 4.12. The van der Waals surface area contributed by atoms with Gasteiger partial charge in [-0.1, -0.05) is 0 Å². The molecule has 0 bridgehead atoms. The molecule has 1 aliphatic rings. The third-order valence-corrected chi connectivity index (χ3v) is 2.75. The van der Waals surface area contributed by atoms with Crippen LogP contribution in [0.2, 0.25) is 0 Å². The molecule has 0 radical (unpaired) electrons. The van der Waals surface area contributed by atoms with Gasteiger partial charge in [-0.05, 0) is 13.8 Å². The van der Waals surface area contributed by atoms with E-state index in [4.69, 9.17) is 10.5 Å². The van der Waals surface area contributed by atoms with E-state index in [1.165, 1.54) is 4.68 Å². The first-order valence-electron chi connectivity index (χ1n) is 5.02. The molecule has 2 rings (SSSR count). The zero-order valence-electron chi connectivity index (χ0n) is 8.99. The summed E-state index contributed by atoms with van der Waals surface area (Å²) >= 11 is 0. The molecule has 1 saturated heterocycles. The highest BCUT2D eigenvalue weighted by Crippen LogP contribution is 2.19. The molecule has 1 aromatic rings. The predicted octanol–water partition coefficient (Wildman–Crippen LogP) is 0.759. The second kappa shape index (κ2) is 3.66. The van der Waals surface area contributed by atoms with Crippen LogP contribution in [0.25, 0.3) is 0 Å². The van der Waals surface area contributed by atoms with Crippen molar-refractivity contribution in [2.45, 2.75) is 20.3 Å². The van der Waals surface area contributed by atoms with Crippen LogP contribution in [0.15, 0.2) is 0 Å². The Labute approximate surface area is 88.2 Å². The van der Waals surface area contributed by atoms with Crippen LogP contribution in [0.5, 0.6) is 0 Å². The summed E-state index contributed by atoms with van der Waals surface area (Å²) in [6.07, 6.45) is 0.488. The topological polar surface area (TPSA) is 70.1 Å². The van der Waals surface area contributed by atoms with Crippen LogP contribution in [0, 0.1) is 19.8 Å². The van der Waals surface area contributed by atoms with Crippen molar-refractivity contribution < 1.29 is 9.53 Å². The molecule has 5 nitrogen and oxygen atoms in total. The average Bonchev–Trinajstić information content (AvgIpc) is 2.39. The first kappa shape index (κ1) is 10.2. The Morgan fingerprint density at radius 3 is 2.67 bits per heavy atom. The summed E-state index contributed by atoms with van der Waals surface area (Å²) in [6, 6.07) is 0. The third kappa shape index (κ3) is 1.74. The highest BCUT2D eigenvalue weighted by Gasteiger charge is 2.24. The van der Waals surface area contributed by atoms with Crippen molar-refractivity contribution in [3.63, 3.8) is 0 Å². The summed E-state index contributed by atoms with van der Waals surface area (Å²) in [5.41, 5.74) is 7.81. The van der Waals surface area contributed by atoms with Crippen molar-refractivity contribution in [1.29, 1.82) is 0 Å². The molecule has 0 atom stereocenters. The number of anilines is 1. The van der Waals surface area contributed by atoms with Gasteiger partial charge in [-0.2, -0.15) is 5.10 Å². The van der Waals surface area contributed by atoms with E-state index in [1.54, 1.807) is 6.92 Å². The Morgan fingerprint density at radius 1 is 1.60 bits per heavy atom. The van der Waals surface area contributed by atoms with Gasteiger partial charge in [0.25, 0.3) is 0 Å². The summed E-state index contributed by atoms with van der Waals surface area (Å²) in [4.78, 5) is 11.8. The van der Waals surface area contributed by atoms with Gasteiger partial charge in [0.1, 0.15) is 0 Å². The molecular formula is C10H15N3O2. The fourth-order valence-corrected chi connectivity index (χ4v) is 1.63. The number of rotatable bonds is 2. The molecule has 0 aromatic carbocycles. The number of ether oxygens (including phenoxy) is 1. The van der Waals surface area contributed by atoms with E-state index < -0.39 is 0 Å². The van der Waals surface area contributed by atoms with Gasteiger partial charge in [-0.25, -0.2) is 4.68 Å². The lowest BCUT2D eigenvalue weighted by atomic mass is 10.0. The number of hydrogen-bond acceptors (Lipinski definition) is 4. The number of nitrogens with two attached hydrogens (primary N) is 1. The van der Waals surface area contributed by atoms with Crippen molar-refractivity contribution in [3.05, 3.63) is 11.4 Å². The Bertz CT molecular complexity index is 394. The number of nitrogen functional groups attached to an aromatic ring is 1. The summed E-state index contributed by atoms with van der Waals surface area (Å²) < 4.78 is 6.43. The lowest BCUT2D eigenvalue weighted by molar-refractivity contribution is -0.0334. The van der Waals surface area contributed by atoms with Gasteiger partial charge in [0.15, 0.2) is 0 Å². The maximum atomic E-state index is 11.8. The largest absolute Gasteiger partial charge is 0.396 e. The number of hydrogen-bond donors (Lipinski definition) is 1. The molecule has 1 aliphatic heterocycles. The van der Waals surface area contributed by atoms with Crippen molar-refractivity contribution >= 4 is 11.6 Å². The van der Waals surface area contributed by atoms with E-state index in [1.807, 2.05) is 6.92 Å². The number of nitrogens with zero attached hydrogens (tertiary/aromatic N) is 2. The Hall–Kier alpha value is -1.36. The maximum absolute atomic E-state index is 11.8. The first-order chi connectivity index (χ1) is 7.09. The molecule has 0 spiro atoms. The first-order valence-corrected chi connectivity index (χ1v) is 5.02. The summed E-state index contributed by atoms with van der Waals surface area (Å²) in [7, 11) is 0. The quantitative estimate of drug-likeness (QED) is 0.780. The van der Waals surface area contributed by atoms with Crippen LogP contribution in [-0.4, -0.2) is 28.9 Å². The van der Waals surface area contributed by atoms with Crippen LogP contribution >= 0.6 is 0 Å². The molecular weight excluding hydrogens is 194 g/mol. The SMILES string of the molecule is Cc1nn(C(=O)CC2COC2)c(C)c1N. The van der Waals surface area contributed by atoms with Crippen molar-refractivity contribution in [2.24, 2.45) is 5.92 Å². The molecule has 15 heavy (non-hydrogen) atoms. The van der Waals surface area contributed by atoms with Crippen LogP contribution in [-0.2, 0) is 4.74 Å². The molecule has 0 unspecified atom stereocenters. The zero-order valence-corrected chi connectivity index (χ0v) is 8.99. The van der Waals surface area contributed by atoms with E-state index in [0.29, 0.717) is 36.9 Å². The summed E-state index contributed by atoms with van der Waals surface area (Å²) in [5.74, 6) is 0.350. The average molecular weight is 209 g/mol. The second-order valence-corrected chi connectivity index (χ2v) is 4.00. The smallest absolute Gasteiger partial charge is 0.247 e. The molecule has 2 N–H and O–H groups in total. The van der Waals surface area contributed by atoms with Gasteiger partial charge >= 0.3 is 0 Å². The van der Waals surface area contributed by atoms with E-state index in [0.717, 1.165) is 5.69 Å². The predicted molar refractivity (Wildman–Crippen MR) is 55.7 cm³/mol. The number of aryl methyl sites for hydroxylation is 1. The number of carbonyl (C=O) groups is 1. The minimum absolute atomic E-state index is 0.000556. The van der Waals surface area contributed by atoms with E-state index >= 15 is 0 Å². The van der Waals surface area contributed by atoms with Gasteiger partial charge in [0.2, 0.25) is 5.91 Å². The number of carbonyl (C=O) groups excluding carboxylic acids is 1. The standard InChI is InChI=1S/C10H15N3O2/c1-6-10(11)7(2)13(12-6)9(14)3-8-4-15-5-8/h8H,3-5,11H2,1-2H3. The Morgan fingerprint density at radius 2 is 2.27 bits per heavy atom. The fourth-order valence-electron chi connectivity index (χ4n) is 1.63. The monoisotopic (exact) mass is 209 g/mol. The Kier molecular flexibility index (Phi) is 2.48. The molecule has 1 aromatic heterocycles. The molecule has 0 amide bonds. The highest BCUT2D eigenvalue weighted by atomic mass is 16.5.